The fourth-order valence-electron chi connectivity index (χ4n) is 2.09. The van der Waals surface area contributed by atoms with Crippen LogP contribution in [0.4, 0.5) is 5.82 Å². The van der Waals surface area contributed by atoms with Crippen molar-refractivity contribution in [3.63, 3.8) is 0 Å². The van der Waals surface area contributed by atoms with Gasteiger partial charge in [0.25, 0.3) is 0 Å². The SMILES string of the molecule is Cc1nc(C)c(-c2[nH]nc(N)c2-c2cccnc2)s1. The summed E-state index contributed by atoms with van der Waals surface area (Å²) in [4.78, 5) is 9.65. The van der Waals surface area contributed by atoms with Crippen LogP contribution in [0.2, 0.25) is 0 Å². The van der Waals surface area contributed by atoms with Gasteiger partial charge in [-0.1, -0.05) is 6.07 Å². The molecule has 6 heteroatoms. The number of aromatic nitrogens is 4. The highest BCUT2D eigenvalue weighted by atomic mass is 32.1. The molecule has 3 heterocycles. The number of nitrogens with two attached hydrogens (primary N) is 1. The number of aryl methyl sites for hydroxylation is 2. The molecule has 0 amide bonds. The summed E-state index contributed by atoms with van der Waals surface area (Å²) in [6.45, 7) is 3.98. The third-order valence-electron chi connectivity index (χ3n) is 2.88. The third-order valence-corrected chi connectivity index (χ3v) is 3.97. The Morgan fingerprint density at radius 3 is 2.79 bits per heavy atom. The first-order valence-corrected chi connectivity index (χ1v) is 6.67. The van der Waals surface area contributed by atoms with Crippen molar-refractivity contribution >= 4 is 17.2 Å². The fourth-order valence-corrected chi connectivity index (χ4v) is 3.01. The van der Waals surface area contributed by atoms with Gasteiger partial charge < -0.3 is 5.73 Å². The van der Waals surface area contributed by atoms with Crippen molar-refractivity contribution < 1.29 is 0 Å². The Morgan fingerprint density at radius 1 is 1.32 bits per heavy atom. The van der Waals surface area contributed by atoms with Gasteiger partial charge in [-0.25, -0.2) is 4.98 Å². The number of anilines is 1. The van der Waals surface area contributed by atoms with Crippen molar-refractivity contribution in [2.45, 2.75) is 13.8 Å². The number of pyridine rings is 1. The predicted octanol–water partition coefficient (Wildman–Crippen LogP) is 2.79. The molecule has 0 fully saturated rings. The maximum Gasteiger partial charge on any atom is 0.153 e. The fraction of sp³-hybridized carbons (Fsp3) is 0.154. The lowest BCUT2D eigenvalue weighted by atomic mass is 10.1. The molecule has 0 atom stereocenters. The van der Waals surface area contributed by atoms with Crippen LogP contribution >= 0.6 is 11.3 Å². The van der Waals surface area contributed by atoms with Crippen LogP contribution < -0.4 is 5.73 Å². The van der Waals surface area contributed by atoms with Gasteiger partial charge in [-0.3, -0.25) is 10.1 Å². The molecule has 3 aromatic rings. The van der Waals surface area contributed by atoms with Gasteiger partial charge in [0.15, 0.2) is 5.82 Å². The smallest absolute Gasteiger partial charge is 0.153 e. The van der Waals surface area contributed by atoms with Crippen LogP contribution in [0.15, 0.2) is 24.5 Å². The van der Waals surface area contributed by atoms with E-state index in [1.807, 2.05) is 26.0 Å². The van der Waals surface area contributed by atoms with Crippen molar-refractivity contribution in [1.29, 1.82) is 0 Å². The van der Waals surface area contributed by atoms with Gasteiger partial charge in [0.1, 0.15) is 0 Å². The van der Waals surface area contributed by atoms with Gasteiger partial charge in [0, 0.05) is 18.0 Å². The van der Waals surface area contributed by atoms with E-state index in [1.165, 1.54) is 0 Å². The molecule has 0 aliphatic heterocycles. The van der Waals surface area contributed by atoms with E-state index in [-0.39, 0.29) is 0 Å². The monoisotopic (exact) mass is 271 g/mol. The van der Waals surface area contributed by atoms with E-state index in [0.717, 1.165) is 32.4 Å². The summed E-state index contributed by atoms with van der Waals surface area (Å²) >= 11 is 1.63. The van der Waals surface area contributed by atoms with Crippen molar-refractivity contribution in [2.75, 3.05) is 5.73 Å². The lowest BCUT2D eigenvalue weighted by Gasteiger charge is -2.02. The van der Waals surface area contributed by atoms with Crippen LogP contribution in [0.25, 0.3) is 21.7 Å². The molecule has 0 saturated carbocycles. The van der Waals surface area contributed by atoms with E-state index < -0.39 is 0 Å². The molecule has 0 bridgehead atoms. The zero-order valence-corrected chi connectivity index (χ0v) is 11.5. The number of nitrogens with one attached hydrogen (secondary N) is 1. The standard InChI is InChI=1S/C13H13N5S/c1-7-12(19-8(2)16-7)11-10(13(14)18-17-11)9-4-3-5-15-6-9/h3-6H,1-2H3,(H3,14,17,18). The Hall–Kier alpha value is -2.21. The van der Waals surface area contributed by atoms with Crippen LogP contribution in [0.3, 0.4) is 0 Å². The van der Waals surface area contributed by atoms with E-state index in [1.54, 1.807) is 23.7 Å². The summed E-state index contributed by atoms with van der Waals surface area (Å²) in [5, 5.41) is 8.16. The van der Waals surface area contributed by atoms with Crippen molar-refractivity contribution in [2.24, 2.45) is 0 Å². The minimum Gasteiger partial charge on any atom is -0.382 e. The summed E-state index contributed by atoms with van der Waals surface area (Å²) in [5.41, 5.74) is 9.72. The van der Waals surface area contributed by atoms with Gasteiger partial charge in [0.2, 0.25) is 0 Å². The van der Waals surface area contributed by atoms with Crippen LogP contribution in [-0.2, 0) is 0 Å². The molecule has 0 aliphatic rings. The summed E-state index contributed by atoms with van der Waals surface area (Å²) < 4.78 is 0. The Balaban J connectivity index is 2.22. The van der Waals surface area contributed by atoms with Gasteiger partial charge in [-0.05, 0) is 19.9 Å². The summed E-state index contributed by atoms with van der Waals surface area (Å²) in [7, 11) is 0. The van der Waals surface area contributed by atoms with Crippen LogP contribution in [0.5, 0.6) is 0 Å². The average Bonchev–Trinajstić information content (AvgIpc) is 2.93. The Labute approximate surface area is 114 Å². The lowest BCUT2D eigenvalue weighted by molar-refractivity contribution is 1.10. The third kappa shape index (κ3) is 2.00. The van der Waals surface area contributed by atoms with Crippen molar-refractivity contribution in [3.05, 3.63) is 35.2 Å². The normalized spacial score (nSPS) is 10.8. The van der Waals surface area contributed by atoms with E-state index >= 15 is 0 Å². The van der Waals surface area contributed by atoms with E-state index in [2.05, 4.69) is 20.2 Å². The number of hydrogen-bond donors (Lipinski definition) is 2. The molecule has 0 aromatic carbocycles. The molecular weight excluding hydrogens is 258 g/mol. The number of H-pyrrole nitrogens is 1. The van der Waals surface area contributed by atoms with Crippen LogP contribution in [0, 0.1) is 13.8 Å². The van der Waals surface area contributed by atoms with Crippen molar-refractivity contribution in [1.82, 2.24) is 20.2 Å². The molecule has 19 heavy (non-hydrogen) atoms. The number of rotatable bonds is 2. The zero-order valence-electron chi connectivity index (χ0n) is 10.6. The average molecular weight is 271 g/mol. The Bertz CT molecular complexity index is 714. The second-order valence-electron chi connectivity index (χ2n) is 4.25. The summed E-state index contributed by atoms with van der Waals surface area (Å²) in [5.74, 6) is 0.480. The second kappa shape index (κ2) is 4.47. The first-order chi connectivity index (χ1) is 9.16. The molecule has 0 spiro atoms. The van der Waals surface area contributed by atoms with Crippen LogP contribution in [0.1, 0.15) is 10.7 Å². The number of nitrogens with zero attached hydrogens (tertiary/aromatic N) is 3. The van der Waals surface area contributed by atoms with E-state index in [4.69, 9.17) is 5.73 Å². The highest BCUT2D eigenvalue weighted by Crippen LogP contribution is 2.38. The number of hydrogen-bond acceptors (Lipinski definition) is 5. The highest BCUT2D eigenvalue weighted by Gasteiger charge is 2.18. The van der Waals surface area contributed by atoms with Gasteiger partial charge in [-0.2, -0.15) is 5.10 Å². The molecule has 3 N–H and O–H groups in total. The topological polar surface area (TPSA) is 80.5 Å². The minimum absolute atomic E-state index is 0.480. The van der Waals surface area contributed by atoms with Gasteiger partial charge in [0.05, 0.1) is 26.8 Å². The quantitative estimate of drug-likeness (QED) is 0.751. The summed E-state index contributed by atoms with van der Waals surface area (Å²) in [6.07, 6.45) is 3.52. The second-order valence-corrected chi connectivity index (χ2v) is 5.45. The van der Waals surface area contributed by atoms with Crippen LogP contribution in [-0.4, -0.2) is 20.2 Å². The maximum atomic E-state index is 5.98. The number of thiazole rings is 1. The molecule has 3 rings (SSSR count). The zero-order chi connectivity index (χ0) is 13.4. The van der Waals surface area contributed by atoms with Crippen molar-refractivity contribution in [3.8, 4) is 21.7 Å². The molecule has 0 saturated heterocycles. The van der Waals surface area contributed by atoms with E-state index in [0.29, 0.717) is 5.82 Å². The van der Waals surface area contributed by atoms with Gasteiger partial charge in [-0.15, -0.1) is 11.3 Å². The van der Waals surface area contributed by atoms with E-state index in [9.17, 15) is 0 Å². The Morgan fingerprint density at radius 2 is 2.16 bits per heavy atom. The molecule has 0 unspecified atom stereocenters. The lowest BCUT2D eigenvalue weighted by Crippen LogP contribution is -1.89. The molecule has 96 valence electrons. The molecule has 0 aliphatic carbocycles. The Kier molecular flexibility index (Phi) is 2.79. The predicted molar refractivity (Wildman–Crippen MR) is 76.8 cm³/mol. The first kappa shape index (κ1) is 11.9. The largest absolute Gasteiger partial charge is 0.382 e. The highest BCUT2D eigenvalue weighted by molar-refractivity contribution is 7.15. The number of aromatic amines is 1. The molecular formula is C13H13N5S. The summed E-state index contributed by atoms with van der Waals surface area (Å²) in [6, 6.07) is 3.86. The molecule has 0 radical (unpaired) electrons. The number of nitrogen functional groups attached to an aromatic ring is 1. The molecule has 5 nitrogen and oxygen atoms in total. The van der Waals surface area contributed by atoms with Gasteiger partial charge >= 0.3 is 0 Å². The first-order valence-electron chi connectivity index (χ1n) is 5.85. The molecule has 3 aromatic heterocycles. The maximum absolute atomic E-state index is 5.98. The minimum atomic E-state index is 0.480.